The quantitative estimate of drug-likeness (QED) is 0.564. The van der Waals surface area contributed by atoms with E-state index in [0.29, 0.717) is 0 Å². The van der Waals surface area contributed by atoms with E-state index in [4.69, 9.17) is 12.2 Å². The van der Waals surface area contributed by atoms with Gasteiger partial charge in [-0.25, -0.2) is 0 Å². The van der Waals surface area contributed by atoms with Crippen molar-refractivity contribution in [3.05, 3.63) is 39.8 Å². The number of H-pyrrole nitrogens is 1. The topological polar surface area (TPSA) is 19.7 Å². The number of aromatic nitrogens is 2. The van der Waals surface area contributed by atoms with Gasteiger partial charge in [-0.05, 0) is 0 Å². The van der Waals surface area contributed by atoms with Gasteiger partial charge in [0.1, 0.15) is 0 Å². The number of aromatic amines is 1. The van der Waals surface area contributed by atoms with Crippen LogP contribution >= 0.6 is 23.8 Å². The lowest BCUT2D eigenvalue weighted by molar-refractivity contribution is -0.657. The van der Waals surface area contributed by atoms with Crippen LogP contribution < -0.4 is 4.68 Å². The zero-order chi connectivity index (χ0) is 9.26. The third kappa shape index (κ3) is 1.55. The molecule has 0 saturated carbocycles. The van der Waals surface area contributed by atoms with Crippen LogP contribution in [0.1, 0.15) is 5.69 Å². The molecule has 0 unspecified atom stereocenters. The number of para-hydroxylation sites is 1. The molecule has 2 rings (SSSR count). The summed E-state index contributed by atoms with van der Waals surface area (Å²) in [5, 5.41) is 0. The van der Waals surface area contributed by atoms with Gasteiger partial charge in [-0.2, -0.15) is 0 Å². The van der Waals surface area contributed by atoms with Crippen molar-refractivity contribution in [2.45, 2.75) is 6.92 Å². The lowest BCUT2D eigenvalue weighted by Crippen LogP contribution is -2.34. The Morgan fingerprint density at radius 1 is 1.31 bits per heavy atom. The van der Waals surface area contributed by atoms with Crippen molar-refractivity contribution in [2.75, 3.05) is 0 Å². The van der Waals surface area contributed by atoms with E-state index < -0.39 is 0 Å². The number of nitrogens with zero attached hydrogens (tertiary/aromatic N) is 1. The summed E-state index contributed by atoms with van der Waals surface area (Å²) in [5.41, 5.74) is 2.21. The fourth-order valence-electron chi connectivity index (χ4n) is 1.14. The normalized spacial score (nSPS) is 10.2. The van der Waals surface area contributed by atoms with Gasteiger partial charge in [-0.1, -0.05) is 35.1 Å². The molecule has 0 amide bonds. The highest BCUT2D eigenvalue weighted by Crippen LogP contribution is 2.04. The standard InChI is InChI=1S/C9H8N2S2/c1-7-9(12)13-10-11(7)8-5-3-2-4-6-8/h2-6H,1H3/p+1. The smallest absolute Gasteiger partial charge is 0.110 e. The maximum absolute atomic E-state index is 5.14. The molecule has 0 fully saturated rings. The van der Waals surface area contributed by atoms with Gasteiger partial charge in [-0.15, -0.1) is 4.49 Å². The molecule has 0 spiro atoms. The Kier molecular flexibility index (Phi) is 2.24. The maximum atomic E-state index is 5.14. The molecule has 1 N–H and O–H groups in total. The van der Waals surface area contributed by atoms with Crippen molar-refractivity contribution in [1.82, 2.24) is 4.49 Å². The van der Waals surface area contributed by atoms with E-state index in [1.807, 2.05) is 41.9 Å². The molecule has 4 heteroatoms. The van der Waals surface area contributed by atoms with Gasteiger partial charge in [-0.3, -0.25) is 0 Å². The number of benzene rings is 1. The van der Waals surface area contributed by atoms with Crippen molar-refractivity contribution >= 4 is 23.8 Å². The Morgan fingerprint density at radius 3 is 2.54 bits per heavy atom. The zero-order valence-corrected chi connectivity index (χ0v) is 8.78. The molecule has 2 aromatic rings. The number of hydrogen-bond donors (Lipinski definition) is 1. The molecule has 0 bridgehead atoms. The molecule has 0 aliphatic carbocycles. The van der Waals surface area contributed by atoms with E-state index in [-0.39, 0.29) is 0 Å². The highest BCUT2D eigenvalue weighted by atomic mass is 32.2. The van der Waals surface area contributed by atoms with Crippen molar-refractivity contribution in [3.8, 4) is 5.69 Å². The first kappa shape index (κ1) is 8.59. The number of rotatable bonds is 1. The molecule has 1 aromatic carbocycles. The zero-order valence-electron chi connectivity index (χ0n) is 7.15. The minimum atomic E-state index is 0.906. The van der Waals surface area contributed by atoms with Crippen molar-refractivity contribution in [3.63, 3.8) is 0 Å². The molecule has 2 nitrogen and oxygen atoms in total. The Labute approximate surface area is 85.6 Å². The highest BCUT2D eigenvalue weighted by molar-refractivity contribution is 7.73. The van der Waals surface area contributed by atoms with Gasteiger partial charge in [0.25, 0.3) is 0 Å². The van der Waals surface area contributed by atoms with Crippen molar-refractivity contribution in [2.24, 2.45) is 0 Å². The van der Waals surface area contributed by atoms with Crippen molar-refractivity contribution in [1.29, 1.82) is 0 Å². The Bertz CT molecular complexity index is 456. The molecular weight excluding hydrogens is 200 g/mol. The summed E-state index contributed by atoms with van der Waals surface area (Å²) < 4.78 is 6.04. The van der Waals surface area contributed by atoms with Crippen LogP contribution in [0.25, 0.3) is 5.69 Å². The minimum absolute atomic E-state index is 0.906. The fourth-order valence-corrected chi connectivity index (χ4v) is 2.00. The van der Waals surface area contributed by atoms with Gasteiger partial charge in [0.2, 0.25) is 11.4 Å². The summed E-state index contributed by atoms with van der Waals surface area (Å²) in [5.74, 6) is 0. The summed E-state index contributed by atoms with van der Waals surface area (Å²) in [6.07, 6.45) is 0. The van der Waals surface area contributed by atoms with Crippen LogP contribution in [-0.4, -0.2) is 4.49 Å². The maximum Gasteiger partial charge on any atom is 0.240 e. The predicted molar refractivity (Wildman–Crippen MR) is 55.8 cm³/mol. The first-order valence-electron chi connectivity index (χ1n) is 3.94. The van der Waals surface area contributed by atoms with E-state index in [2.05, 4.69) is 4.49 Å². The van der Waals surface area contributed by atoms with E-state index in [1.54, 1.807) is 0 Å². The average molecular weight is 209 g/mol. The van der Waals surface area contributed by atoms with Crippen LogP contribution in [0.3, 0.4) is 0 Å². The molecule has 0 saturated heterocycles. The van der Waals surface area contributed by atoms with Crippen LogP contribution in [0.4, 0.5) is 0 Å². The van der Waals surface area contributed by atoms with Gasteiger partial charge in [0.05, 0.1) is 0 Å². The number of hydrogen-bond acceptors (Lipinski definition) is 2. The lowest BCUT2D eigenvalue weighted by Gasteiger charge is -1.89. The Morgan fingerprint density at radius 2 is 2.00 bits per heavy atom. The Balaban J connectivity index is 2.60. The van der Waals surface area contributed by atoms with E-state index >= 15 is 0 Å². The highest BCUT2D eigenvalue weighted by Gasteiger charge is 2.12. The molecule has 66 valence electrons. The molecule has 0 aliphatic heterocycles. The second-order valence-corrected chi connectivity index (χ2v) is 4.20. The molecule has 0 radical (unpaired) electrons. The molecule has 1 aromatic heterocycles. The third-order valence-electron chi connectivity index (χ3n) is 1.87. The summed E-state index contributed by atoms with van der Waals surface area (Å²) in [6, 6.07) is 10.1. The molecule has 0 atom stereocenters. The monoisotopic (exact) mass is 209 g/mol. The molecular formula is C9H9N2S2+. The van der Waals surface area contributed by atoms with Gasteiger partial charge >= 0.3 is 0 Å². The fraction of sp³-hybridized carbons (Fsp3) is 0.111. The molecule has 13 heavy (non-hydrogen) atoms. The van der Waals surface area contributed by atoms with Gasteiger partial charge in [0, 0.05) is 30.6 Å². The lowest BCUT2D eigenvalue weighted by atomic mass is 10.3. The van der Waals surface area contributed by atoms with Gasteiger partial charge in [0.15, 0.2) is 3.82 Å². The predicted octanol–water partition coefficient (Wildman–Crippen LogP) is 2.39. The van der Waals surface area contributed by atoms with Crippen LogP contribution in [0.5, 0.6) is 0 Å². The Hall–Kier alpha value is -1.00. The van der Waals surface area contributed by atoms with E-state index in [1.165, 1.54) is 11.5 Å². The summed E-state index contributed by atoms with van der Waals surface area (Å²) in [7, 11) is 0. The first-order valence-corrected chi connectivity index (χ1v) is 5.17. The van der Waals surface area contributed by atoms with Crippen molar-refractivity contribution < 1.29 is 4.68 Å². The second-order valence-electron chi connectivity index (χ2n) is 2.74. The molecule has 0 aliphatic rings. The largest absolute Gasteiger partial charge is 0.240 e. The van der Waals surface area contributed by atoms with E-state index in [9.17, 15) is 0 Å². The average Bonchev–Trinajstić information content (AvgIpc) is 2.49. The van der Waals surface area contributed by atoms with Crippen LogP contribution in [-0.2, 0) is 0 Å². The third-order valence-corrected chi connectivity index (χ3v) is 3.17. The minimum Gasteiger partial charge on any atom is -0.110 e. The SMILES string of the molecule is Cc1c(=S)s[nH][n+]1-c1ccccc1. The van der Waals surface area contributed by atoms with E-state index in [0.717, 1.165) is 15.2 Å². The van der Waals surface area contributed by atoms with Gasteiger partial charge < -0.3 is 0 Å². The second kappa shape index (κ2) is 3.40. The number of nitrogens with one attached hydrogen (secondary N) is 1. The summed E-state index contributed by atoms with van der Waals surface area (Å²) in [6.45, 7) is 2.02. The molecule has 1 heterocycles. The summed E-state index contributed by atoms with van der Waals surface area (Å²) >= 11 is 6.62. The first-order chi connectivity index (χ1) is 6.29. The summed E-state index contributed by atoms with van der Waals surface area (Å²) in [4.78, 5) is 0. The van der Waals surface area contributed by atoms with Crippen LogP contribution in [0, 0.1) is 10.7 Å². The van der Waals surface area contributed by atoms with Crippen LogP contribution in [0.2, 0.25) is 0 Å². The van der Waals surface area contributed by atoms with Crippen LogP contribution in [0.15, 0.2) is 30.3 Å².